The molecule has 0 amide bonds. The van der Waals surface area contributed by atoms with E-state index in [2.05, 4.69) is 33.8 Å². The maximum absolute atomic E-state index is 14.4. The van der Waals surface area contributed by atoms with Gasteiger partial charge in [-0.05, 0) is 50.0 Å². The maximum Gasteiger partial charge on any atom is 0.131 e. The second kappa shape index (κ2) is 9.27. The van der Waals surface area contributed by atoms with Gasteiger partial charge in [-0.2, -0.15) is 0 Å². The van der Waals surface area contributed by atoms with E-state index >= 15 is 0 Å². The number of benzene rings is 1. The molecule has 0 atom stereocenters. The molecule has 23 heavy (non-hydrogen) atoms. The monoisotopic (exact) mass is 329 g/mol. The summed E-state index contributed by atoms with van der Waals surface area (Å²) in [5.74, 6) is -0.217. The summed E-state index contributed by atoms with van der Waals surface area (Å²) in [5.41, 5.74) is 5.06. The van der Waals surface area contributed by atoms with Crippen LogP contribution in [0.1, 0.15) is 38.3 Å². The minimum absolute atomic E-state index is 0.217. The molecule has 1 aromatic rings. The van der Waals surface area contributed by atoms with Gasteiger partial charge in [0, 0.05) is 16.7 Å². The van der Waals surface area contributed by atoms with E-state index in [1.807, 2.05) is 39.0 Å². The molecule has 0 fully saturated rings. The first kappa shape index (κ1) is 19.1. The molecule has 0 aliphatic carbocycles. The molecule has 1 nitrogen and oxygen atoms in total. The fraction of sp³-hybridized carbons (Fsp3) is 0.250. The molecule has 3 heteroatoms. The Bertz CT molecular complexity index is 661. The van der Waals surface area contributed by atoms with Gasteiger partial charge in [0.25, 0.3) is 0 Å². The van der Waals surface area contributed by atoms with E-state index in [1.54, 1.807) is 12.1 Å². The minimum Gasteiger partial charge on any atom is -0.355 e. The molecular formula is C20H25FNP. The zero-order chi connectivity index (χ0) is 17.4. The Hall–Kier alpha value is -1.92. The van der Waals surface area contributed by atoms with Crippen molar-refractivity contribution in [3.8, 4) is 0 Å². The van der Waals surface area contributed by atoms with Crippen molar-refractivity contribution >= 4 is 19.9 Å². The van der Waals surface area contributed by atoms with Crippen LogP contribution in [0.15, 0.2) is 60.4 Å². The van der Waals surface area contributed by atoms with E-state index in [-0.39, 0.29) is 5.82 Å². The average molecular weight is 329 g/mol. The van der Waals surface area contributed by atoms with Crippen molar-refractivity contribution in [2.75, 3.05) is 0 Å². The second-order valence-electron chi connectivity index (χ2n) is 5.35. The Labute approximate surface area is 141 Å². The Morgan fingerprint density at radius 2 is 2.04 bits per heavy atom. The lowest BCUT2D eigenvalue weighted by Gasteiger charge is -2.18. The van der Waals surface area contributed by atoms with Gasteiger partial charge in [0.05, 0.1) is 0 Å². The fourth-order valence-corrected chi connectivity index (χ4v) is 2.52. The van der Waals surface area contributed by atoms with Crippen molar-refractivity contribution in [3.05, 3.63) is 77.3 Å². The van der Waals surface area contributed by atoms with Crippen LogP contribution in [-0.2, 0) is 0 Å². The molecule has 0 aliphatic heterocycles. The predicted octanol–water partition coefficient (Wildman–Crippen LogP) is 5.83. The second-order valence-corrected chi connectivity index (χ2v) is 6.10. The first-order chi connectivity index (χ1) is 10.9. The molecule has 0 aliphatic rings. The molecule has 0 saturated carbocycles. The number of allylic oxidation sites excluding steroid dienone is 5. The van der Waals surface area contributed by atoms with Gasteiger partial charge in [0.15, 0.2) is 0 Å². The van der Waals surface area contributed by atoms with Crippen molar-refractivity contribution in [2.24, 2.45) is 0 Å². The third-order valence-electron chi connectivity index (χ3n) is 3.40. The van der Waals surface area contributed by atoms with Crippen LogP contribution in [0, 0.1) is 12.7 Å². The summed E-state index contributed by atoms with van der Waals surface area (Å²) in [6.07, 6.45) is 8.68. The topological polar surface area (TPSA) is 12.0 Å². The highest BCUT2D eigenvalue weighted by atomic mass is 31.0. The van der Waals surface area contributed by atoms with Crippen LogP contribution >= 0.6 is 8.86 Å². The van der Waals surface area contributed by atoms with Crippen molar-refractivity contribution in [3.63, 3.8) is 0 Å². The summed E-state index contributed by atoms with van der Waals surface area (Å²) in [5, 5.41) is 3.30. The molecule has 0 heterocycles. The SMILES string of the molecule is C=C/C=C(\C=C/CC)C(/NC(C)=P)=C(/C)c1c(C)cccc1F. The van der Waals surface area contributed by atoms with Gasteiger partial charge in [-0.1, -0.05) is 49.9 Å². The lowest BCUT2D eigenvalue weighted by atomic mass is 9.96. The molecule has 1 rings (SSSR count). The zero-order valence-corrected chi connectivity index (χ0v) is 15.3. The Balaban J connectivity index is 3.61. The molecule has 0 bridgehead atoms. The van der Waals surface area contributed by atoms with Crippen LogP contribution < -0.4 is 5.32 Å². The van der Waals surface area contributed by atoms with Crippen LogP contribution in [0.25, 0.3) is 5.57 Å². The van der Waals surface area contributed by atoms with E-state index in [1.165, 1.54) is 6.07 Å². The van der Waals surface area contributed by atoms with Crippen LogP contribution in [0.4, 0.5) is 4.39 Å². The third kappa shape index (κ3) is 5.33. The summed E-state index contributed by atoms with van der Waals surface area (Å²) >= 11 is 0. The van der Waals surface area contributed by atoms with Gasteiger partial charge in [0.1, 0.15) is 5.82 Å². The van der Waals surface area contributed by atoms with Gasteiger partial charge < -0.3 is 5.32 Å². The molecule has 122 valence electrons. The third-order valence-corrected chi connectivity index (χ3v) is 3.53. The van der Waals surface area contributed by atoms with Crippen LogP contribution in [0.3, 0.4) is 0 Å². The van der Waals surface area contributed by atoms with E-state index in [9.17, 15) is 4.39 Å². The molecule has 0 unspecified atom stereocenters. The highest BCUT2D eigenvalue weighted by molar-refractivity contribution is 7.20. The molecular weight excluding hydrogens is 304 g/mol. The van der Waals surface area contributed by atoms with E-state index in [0.717, 1.165) is 34.2 Å². The first-order valence-electron chi connectivity index (χ1n) is 7.70. The van der Waals surface area contributed by atoms with E-state index in [4.69, 9.17) is 0 Å². The highest BCUT2D eigenvalue weighted by Gasteiger charge is 2.14. The molecule has 0 spiro atoms. The lowest BCUT2D eigenvalue weighted by molar-refractivity contribution is 0.622. The standard InChI is InChI=1S/C20H25FNP/c1-6-8-12-17(10-7-2)20(22-16(5)23)15(4)19-14(3)11-9-13-18(19)21/h7-13,22-23H,2,6H2,1,3-5H3/b12-8-,17-10+,20-15+. The van der Waals surface area contributed by atoms with Crippen LogP contribution in [-0.4, -0.2) is 5.42 Å². The van der Waals surface area contributed by atoms with Crippen molar-refractivity contribution in [2.45, 2.75) is 34.1 Å². The molecule has 1 aromatic carbocycles. The first-order valence-corrected chi connectivity index (χ1v) is 8.20. The largest absolute Gasteiger partial charge is 0.355 e. The smallest absolute Gasteiger partial charge is 0.131 e. The van der Waals surface area contributed by atoms with Gasteiger partial charge >= 0.3 is 0 Å². The Kier molecular flexibility index (Phi) is 7.71. The Morgan fingerprint density at radius 1 is 1.35 bits per heavy atom. The fourth-order valence-electron chi connectivity index (χ4n) is 2.40. The van der Waals surface area contributed by atoms with Crippen molar-refractivity contribution in [1.29, 1.82) is 0 Å². The lowest BCUT2D eigenvalue weighted by Crippen LogP contribution is -2.20. The number of aryl methyl sites for hydroxylation is 1. The molecule has 0 aromatic heterocycles. The van der Waals surface area contributed by atoms with E-state index < -0.39 is 0 Å². The summed E-state index contributed by atoms with van der Waals surface area (Å²) in [4.78, 5) is 0. The summed E-state index contributed by atoms with van der Waals surface area (Å²) < 4.78 is 14.4. The van der Waals surface area contributed by atoms with E-state index in [0.29, 0.717) is 5.56 Å². The highest BCUT2D eigenvalue weighted by Crippen LogP contribution is 2.27. The zero-order valence-electron chi connectivity index (χ0n) is 14.3. The van der Waals surface area contributed by atoms with Crippen molar-refractivity contribution < 1.29 is 4.39 Å². The van der Waals surface area contributed by atoms with Gasteiger partial charge in [0.2, 0.25) is 0 Å². The van der Waals surface area contributed by atoms with Crippen LogP contribution in [0.2, 0.25) is 0 Å². The maximum atomic E-state index is 14.4. The number of halogens is 1. The summed E-state index contributed by atoms with van der Waals surface area (Å²) in [7, 11) is 3.49. The number of hydrogen-bond acceptors (Lipinski definition) is 0. The van der Waals surface area contributed by atoms with Crippen LogP contribution in [0.5, 0.6) is 0 Å². The molecule has 1 N–H and O–H groups in total. The minimum atomic E-state index is -0.217. The quantitative estimate of drug-likeness (QED) is 0.490. The molecule has 0 saturated heterocycles. The van der Waals surface area contributed by atoms with Crippen molar-refractivity contribution in [1.82, 2.24) is 5.32 Å². The number of hydrogen-bond donors (Lipinski definition) is 1. The Morgan fingerprint density at radius 3 is 2.57 bits per heavy atom. The summed E-state index contributed by atoms with van der Waals surface area (Å²) in [6, 6.07) is 5.14. The number of rotatable bonds is 7. The predicted molar refractivity (Wildman–Crippen MR) is 104 cm³/mol. The van der Waals surface area contributed by atoms with Gasteiger partial charge in [-0.15, -0.1) is 8.86 Å². The van der Waals surface area contributed by atoms with Gasteiger partial charge in [-0.25, -0.2) is 4.39 Å². The number of nitrogens with one attached hydrogen (secondary N) is 1. The average Bonchev–Trinajstić information content (AvgIpc) is 2.48. The normalized spacial score (nSPS) is 13.0. The van der Waals surface area contributed by atoms with Gasteiger partial charge in [-0.3, -0.25) is 0 Å². The summed E-state index contributed by atoms with van der Waals surface area (Å²) in [6.45, 7) is 11.6. The molecule has 0 radical (unpaired) electrons.